The van der Waals surface area contributed by atoms with Crippen molar-refractivity contribution in [3.8, 4) is 0 Å². The number of benzene rings is 7. The molecule has 198 valence electrons. The second-order valence-electron chi connectivity index (χ2n) is 11.0. The standard InChI is InChI=1S/C39H25NOS/c1-24-11-2-8-18-33(24)40(34-19-10-17-29-28-15-7-9-20-36(28)41-38(29)34)35-23-32-31-21-25-12-3-4-13-26(25)22-37(31)42-39(32)30-16-6-5-14-27(30)35/h2-23H,1H3. The van der Waals surface area contributed by atoms with E-state index in [0.717, 1.165) is 39.0 Å². The van der Waals surface area contributed by atoms with E-state index in [4.69, 9.17) is 4.42 Å². The van der Waals surface area contributed by atoms with Crippen LogP contribution < -0.4 is 4.90 Å². The second kappa shape index (κ2) is 8.94. The van der Waals surface area contributed by atoms with E-state index in [0.29, 0.717) is 0 Å². The van der Waals surface area contributed by atoms with E-state index in [1.54, 1.807) is 0 Å². The summed E-state index contributed by atoms with van der Waals surface area (Å²) in [5, 5.41) is 9.87. The van der Waals surface area contributed by atoms with Crippen molar-refractivity contribution in [1.29, 1.82) is 0 Å². The summed E-state index contributed by atoms with van der Waals surface area (Å²) in [5.41, 5.74) is 6.32. The fourth-order valence-corrected chi connectivity index (χ4v) is 7.81. The molecule has 42 heavy (non-hydrogen) atoms. The van der Waals surface area contributed by atoms with Gasteiger partial charge in [-0.3, -0.25) is 0 Å². The topological polar surface area (TPSA) is 16.4 Å². The SMILES string of the molecule is Cc1ccccc1N(c1cc2c3cc4ccccc4cc3sc2c2ccccc12)c1cccc2c1oc1ccccc12. The largest absolute Gasteiger partial charge is 0.454 e. The zero-order valence-electron chi connectivity index (χ0n) is 23.0. The minimum atomic E-state index is 0.896. The van der Waals surface area contributed by atoms with Crippen molar-refractivity contribution in [3.05, 3.63) is 139 Å². The lowest BCUT2D eigenvalue weighted by molar-refractivity contribution is 0.669. The summed E-state index contributed by atoms with van der Waals surface area (Å²) in [7, 11) is 0. The Morgan fingerprint density at radius 3 is 2.02 bits per heavy atom. The summed E-state index contributed by atoms with van der Waals surface area (Å²) in [5.74, 6) is 0. The highest BCUT2D eigenvalue weighted by atomic mass is 32.1. The van der Waals surface area contributed by atoms with E-state index in [1.807, 2.05) is 17.4 Å². The summed E-state index contributed by atoms with van der Waals surface area (Å²) < 4.78 is 9.25. The molecule has 2 heterocycles. The van der Waals surface area contributed by atoms with E-state index < -0.39 is 0 Å². The van der Waals surface area contributed by atoms with E-state index in [1.165, 1.54) is 47.3 Å². The molecule has 0 N–H and O–H groups in total. The quantitative estimate of drug-likeness (QED) is 0.216. The smallest absolute Gasteiger partial charge is 0.159 e. The van der Waals surface area contributed by atoms with Crippen LogP contribution in [-0.4, -0.2) is 0 Å². The molecule has 0 saturated carbocycles. The average molecular weight is 556 g/mol. The molecule has 2 nitrogen and oxygen atoms in total. The molecule has 9 aromatic rings. The highest BCUT2D eigenvalue weighted by Crippen LogP contribution is 2.49. The Morgan fingerprint density at radius 2 is 1.17 bits per heavy atom. The first-order valence-electron chi connectivity index (χ1n) is 14.3. The summed E-state index contributed by atoms with van der Waals surface area (Å²) in [6.45, 7) is 2.19. The summed E-state index contributed by atoms with van der Waals surface area (Å²) in [6, 6.07) is 48.1. The second-order valence-corrected chi connectivity index (χ2v) is 12.0. The molecular formula is C39H25NOS. The predicted octanol–water partition coefficient (Wildman–Crippen LogP) is 12.0. The fraction of sp³-hybridized carbons (Fsp3) is 0.0256. The van der Waals surface area contributed by atoms with Gasteiger partial charge < -0.3 is 9.32 Å². The summed E-state index contributed by atoms with van der Waals surface area (Å²) >= 11 is 1.89. The van der Waals surface area contributed by atoms with Crippen LogP contribution in [0, 0.1) is 6.92 Å². The summed E-state index contributed by atoms with van der Waals surface area (Å²) in [4.78, 5) is 2.41. The number of thiophene rings is 1. The Morgan fingerprint density at radius 1 is 0.500 bits per heavy atom. The number of aryl methyl sites for hydroxylation is 1. The first kappa shape index (κ1) is 23.6. The Kier molecular flexibility index (Phi) is 5.02. The zero-order chi connectivity index (χ0) is 27.8. The maximum Gasteiger partial charge on any atom is 0.159 e. The maximum atomic E-state index is 6.61. The Balaban J connectivity index is 1.43. The minimum Gasteiger partial charge on any atom is -0.454 e. The van der Waals surface area contributed by atoms with E-state index >= 15 is 0 Å². The first-order valence-corrected chi connectivity index (χ1v) is 15.1. The summed E-state index contributed by atoms with van der Waals surface area (Å²) in [6.07, 6.45) is 0. The van der Waals surface area contributed by atoms with Crippen LogP contribution in [0.15, 0.2) is 138 Å². The Labute approximate surface area is 246 Å². The van der Waals surface area contributed by atoms with Crippen LogP contribution in [-0.2, 0) is 0 Å². The van der Waals surface area contributed by atoms with Gasteiger partial charge in [-0.05, 0) is 59.7 Å². The number of anilines is 3. The van der Waals surface area contributed by atoms with Gasteiger partial charge in [-0.15, -0.1) is 11.3 Å². The first-order chi connectivity index (χ1) is 20.7. The molecule has 9 rings (SSSR count). The Bertz CT molecular complexity index is 2500. The van der Waals surface area contributed by atoms with Crippen LogP contribution in [0.4, 0.5) is 17.1 Å². The molecule has 0 bridgehead atoms. The number of hydrogen-bond donors (Lipinski definition) is 0. The van der Waals surface area contributed by atoms with Crippen molar-refractivity contribution in [2.45, 2.75) is 6.92 Å². The maximum absolute atomic E-state index is 6.61. The number of hydrogen-bond acceptors (Lipinski definition) is 3. The highest BCUT2D eigenvalue weighted by Gasteiger charge is 2.23. The van der Waals surface area contributed by atoms with Crippen LogP contribution in [0.25, 0.3) is 63.7 Å². The monoisotopic (exact) mass is 555 g/mol. The van der Waals surface area contributed by atoms with E-state index in [9.17, 15) is 0 Å². The van der Waals surface area contributed by atoms with Crippen molar-refractivity contribution in [3.63, 3.8) is 0 Å². The molecule has 0 spiro atoms. The molecule has 0 aliphatic heterocycles. The molecule has 2 aromatic heterocycles. The lowest BCUT2D eigenvalue weighted by atomic mass is 10.00. The minimum absolute atomic E-state index is 0.896. The van der Waals surface area contributed by atoms with Gasteiger partial charge in [-0.2, -0.15) is 0 Å². The van der Waals surface area contributed by atoms with Crippen molar-refractivity contribution in [2.24, 2.45) is 0 Å². The van der Waals surface area contributed by atoms with Gasteiger partial charge in [0.1, 0.15) is 5.58 Å². The zero-order valence-corrected chi connectivity index (χ0v) is 23.8. The number of nitrogens with zero attached hydrogens (tertiary/aromatic N) is 1. The fourth-order valence-electron chi connectivity index (χ4n) is 6.56. The molecule has 0 radical (unpaired) electrons. The van der Waals surface area contributed by atoms with Crippen LogP contribution in [0.2, 0.25) is 0 Å². The van der Waals surface area contributed by atoms with Crippen LogP contribution in [0.3, 0.4) is 0 Å². The van der Waals surface area contributed by atoms with Crippen LogP contribution >= 0.6 is 11.3 Å². The molecule has 7 aromatic carbocycles. The molecular weight excluding hydrogens is 531 g/mol. The molecule has 0 atom stereocenters. The van der Waals surface area contributed by atoms with E-state index in [-0.39, 0.29) is 0 Å². The molecule has 0 fully saturated rings. The number of rotatable bonds is 3. The highest BCUT2D eigenvalue weighted by molar-refractivity contribution is 7.26. The number of para-hydroxylation sites is 3. The molecule has 0 aliphatic rings. The third kappa shape index (κ3) is 3.38. The predicted molar refractivity (Wildman–Crippen MR) is 181 cm³/mol. The lowest BCUT2D eigenvalue weighted by Crippen LogP contribution is -2.12. The van der Waals surface area contributed by atoms with Crippen molar-refractivity contribution >= 4 is 92.1 Å². The van der Waals surface area contributed by atoms with Gasteiger partial charge in [0.2, 0.25) is 0 Å². The molecule has 3 heteroatoms. The van der Waals surface area contributed by atoms with Gasteiger partial charge in [0.15, 0.2) is 5.58 Å². The van der Waals surface area contributed by atoms with E-state index in [2.05, 4.69) is 139 Å². The van der Waals surface area contributed by atoms with Gasteiger partial charge in [0, 0.05) is 47.4 Å². The van der Waals surface area contributed by atoms with Gasteiger partial charge in [-0.25, -0.2) is 0 Å². The van der Waals surface area contributed by atoms with Crippen LogP contribution in [0.5, 0.6) is 0 Å². The van der Waals surface area contributed by atoms with Gasteiger partial charge >= 0.3 is 0 Å². The third-order valence-corrected chi connectivity index (χ3v) is 9.75. The van der Waals surface area contributed by atoms with Gasteiger partial charge in [-0.1, -0.05) is 97.1 Å². The Hall–Kier alpha value is -5.12. The van der Waals surface area contributed by atoms with Crippen molar-refractivity contribution in [1.82, 2.24) is 0 Å². The number of furan rings is 1. The number of fused-ring (bicyclic) bond motifs is 9. The molecule has 0 saturated heterocycles. The normalized spacial score (nSPS) is 11.9. The average Bonchev–Trinajstić information content (AvgIpc) is 3.59. The third-order valence-electron chi connectivity index (χ3n) is 8.55. The van der Waals surface area contributed by atoms with Gasteiger partial charge in [0.25, 0.3) is 0 Å². The van der Waals surface area contributed by atoms with Crippen molar-refractivity contribution < 1.29 is 4.42 Å². The van der Waals surface area contributed by atoms with Crippen molar-refractivity contribution in [2.75, 3.05) is 4.90 Å². The van der Waals surface area contributed by atoms with Gasteiger partial charge in [0.05, 0.1) is 11.4 Å². The molecule has 0 amide bonds. The lowest BCUT2D eigenvalue weighted by Gasteiger charge is -2.28. The molecule has 0 unspecified atom stereocenters. The van der Waals surface area contributed by atoms with Crippen LogP contribution in [0.1, 0.15) is 5.56 Å². The molecule has 0 aliphatic carbocycles.